The van der Waals surface area contributed by atoms with Gasteiger partial charge in [-0.15, -0.1) is 0 Å². The van der Waals surface area contributed by atoms with Gasteiger partial charge in [-0.1, -0.05) is 18.2 Å². The quantitative estimate of drug-likeness (QED) is 0.629. The van der Waals surface area contributed by atoms with Crippen LogP contribution in [0.25, 0.3) is 10.9 Å². The van der Waals surface area contributed by atoms with Gasteiger partial charge in [-0.3, -0.25) is 16.3 Å². The molecule has 1 atom stereocenters. The van der Waals surface area contributed by atoms with Crippen LogP contribution in [-0.2, 0) is 0 Å². The largest absolute Gasteiger partial charge is 0.271 e. The van der Waals surface area contributed by atoms with Crippen LogP contribution < -0.4 is 11.3 Å². The highest BCUT2D eigenvalue weighted by molar-refractivity contribution is 7.98. The second kappa shape index (κ2) is 6.00. The molecule has 0 radical (unpaired) electrons. The van der Waals surface area contributed by atoms with E-state index in [4.69, 9.17) is 5.84 Å². The lowest BCUT2D eigenvalue weighted by atomic mass is 10.0. The first-order chi connectivity index (χ1) is 8.35. The molecule has 0 aliphatic heterocycles. The Kier molecular flexibility index (Phi) is 4.36. The summed E-state index contributed by atoms with van der Waals surface area (Å²) < 4.78 is 0. The van der Waals surface area contributed by atoms with Gasteiger partial charge in [0.2, 0.25) is 0 Å². The lowest BCUT2D eigenvalue weighted by Crippen LogP contribution is -2.28. The summed E-state index contributed by atoms with van der Waals surface area (Å²) in [6.45, 7) is 0. The van der Waals surface area contributed by atoms with Crippen molar-refractivity contribution in [1.29, 1.82) is 0 Å². The van der Waals surface area contributed by atoms with E-state index in [-0.39, 0.29) is 6.04 Å². The predicted molar refractivity (Wildman–Crippen MR) is 74.8 cm³/mol. The van der Waals surface area contributed by atoms with Crippen molar-refractivity contribution < 1.29 is 0 Å². The van der Waals surface area contributed by atoms with Gasteiger partial charge in [0.05, 0.1) is 5.52 Å². The molecule has 0 aliphatic carbocycles. The number of nitrogens with zero attached hydrogens (tertiary/aromatic N) is 1. The highest BCUT2D eigenvalue weighted by Crippen LogP contribution is 2.21. The Morgan fingerprint density at radius 3 is 3.06 bits per heavy atom. The lowest BCUT2D eigenvalue weighted by Gasteiger charge is -2.16. The van der Waals surface area contributed by atoms with E-state index in [2.05, 4.69) is 40.9 Å². The molecule has 0 saturated heterocycles. The summed E-state index contributed by atoms with van der Waals surface area (Å²) in [5, 5.41) is 1.16. The van der Waals surface area contributed by atoms with Crippen LogP contribution in [0.3, 0.4) is 0 Å². The minimum atomic E-state index is 0.203. The van der Waals surface area contributed by atoms with Crippen LogP contribution in [-0.4, -0.2) is 17.0 Å². The molecular formula is C13H17N3S. The van der Waals surface area contributed by atoms with Gasteiger partial charge >= 0.3 is 0 Å². The van der Waals surface area contributed by atoms with Crippen LogP contribution in [0.5, 0.6) is 0 Å². The van der Waals surface area contributed by atoms with Crippen molar-refractivity contribution in [1.82, 2.24) is 10.4 Å². The van der Waals surface area contributed by atoms with Gasteiger partial charge in [-0.25, -0.2) is 0 Å². The summed E-state index contributed by atoms with van der Waals surface area (Å²) in [6, 6.07) is 10.6. The molecule has 0 saturated carbocycles. The van der Waals surface area contributed by atoms with Gasteiger partial charge in [0.15, 0.2) is 0 Å². The van der Waals surface area contributed by atoms with E-state index in [9.17, 15) is 0 Å². The molecule has 0 aliphatic rings. The molecule has 0 amide bonds. The molecule has 3 nitrogen and oxygen atoms in total. The fourth-order valence-electron chi connectivity index (χ4n) is 1.88. The van der Waals surface area contributed by atoms with E-state index >= 15 is 0 Å². The predicted octanol–water partition coefficient (Wildman–Crippen LogP) is 2.49. The maximum absolute atomic E-state index is 5.61. The average molecular weight is 247 g/mol. The van der Waals surface area contributed by atoms with E-state index in [0.29, 0.717) is 0 Å². The molecule has 0 spiro atoms. The number of fused-ring (bicyclic) bond motifs is 1. The number of hydrazine groups is 1. The van der Waals surface area contributed by atoms with Gasteiger partial charge < -0.3 is 0 Å². The first-order valence-electron chi connectivity index (χ1n) is 5.65. The molecule has 0 fully saturated rings. The van der Waals surface area contributed by atoms with Crippen molar-refractivity contribution in [3.05, 3.63) is 42.1 Å². The second-order valence-electron chi connectivity index (χ2n) is 3.96. The van der Waals surface area contributed by atoms with Crippen LogP contribution in [0, 0.1) is 0 Å². The number of hydrogen-bond donors (Lipinski definition) is 2. The fraction of sp³-hybridized carbons (Fsp3) is 0.308. The van der Waals surface area contributed by atoms with Crippen molar-refractivity contribution in [2.75, 3.05) is 12.0 Å². The molecule has 90 valence electrons. The summed E-state index contributed by atoms with van der Waals surface area (Å²) in [7, 11) is 0. The van der Waals surface area contributed by atoms with Crippen LogP contribution in [0.2, 0.25) is 0 Å². The first kappa shape index (κ1) is 12.4. The van der Waals surface area contributed by atoms with E-state index < -0.39 is 0 Å². The minimum Gasteiger partial charge on any atom is -0.271 e. The lowest BCUT2D eigenvalue weighted by molar-refractivity contribution is 0.543. The Balaban J connectivity index is 2.27. The number of pyridine rings is 1. The molecule has 1 aromatic heterocycles. The standard InChI is InChI=1S/C13H17N3S/c1-17-8-6-12(16-14)11-5-4-10-3-2-7-15-13(10)9-11/h2-5,7,9,12,16H,6,8,14H2,1H3. The summed E-state index contributed by atoms with van der Waals surface area (Å²) in [5.74, 6) is 6.70. The number of rotatable bonds is 5. The normalized spacial score (nSPS) is 12.8. The average Bonchev–Trinajstić information content (AvgIpc) is 2.39. The highest BCUT2D eigenvalue weighted by atomic mass is 32.2. The summed E-state index contributed by atoms with van der Waals surface area (Å²) >= 11 is 1.83. The zero-order chi connectivity index (χ0) is 12.1. The topological polar surface area (TPSA) is 50.9 Å². The third-order valence-corrected chi connectivity index (χ3v) is 3.49. The van der Waals surface area contributed by atoms with Crippen molar-refractivity contribution in [2.45, 2.75) is 12.5 Å². The maximum atomic E-state index is 5.61. The second-order valence-corrected chi connectivity index (χ2v) is 4.94. The Morgan fingerprint density at radius 2 is 2.29 bits per heavy atom. The molecule has 1 heterocycles. The number of thioether (sulfide) groups is 1. The summed E-state index contributed by atoms with van der Waals surface area (Å²) in [4.78, 5) is 4.37. The molecule has 3 N–H and O–H groups in total. The van der Waals surface area contributed by atoms with Gasteiger partial charge in [0.25, 0.3) is 0 Å². The van der Waals surface area contributed by atoms with Crippen molar-refractivity contribution in [3.63, 3.8) is 0 Å². The van der Waals surface area contributed by atoms with Crippen LogP contribution in [0.4, 0.5) is 0 Å². The smallest absolute Gasteiger partial charge is 0.0705 e. The van der Waals surface area contributed by atoms with Crippen molar-refractivity contribution in [2.24, 2.45) is 5.84 Å². The molecular weight excluding hydrogens is 230 g/mol. The Bertz CT molecular complexity index is 487. The number of nitrogens with one attached hydrogen (secondary N) is 1. The third-order valence-electron chi connectivity index (χ3n) is 2.84. The Morgan fingerprint density at radius 1 is 1.41 bits per heavy atom. The monoisotopic (exact) mass is 247 g/mol. The number of aromatic nitrogens is 1. The van der Waals surface area contributed by atoms with Gasteiger partial charge in [0.1, 0.15) is 0 Å². The number of benzene rings is 1. The number of nitrogens with two attached hydrogens (primary N) is 1. The zero-order valence-electron chi connectivity index (χ0n) is 9.89. The van der Waals surface area contributed by atoms with E-state index in [0.717, 1.165) is 23.1 Å². The number of hydrogen-bond acceptors (Lipinski definition) is 4. The Labute approximate surface area is 106 Å². The van der Waals surface area contributed by atoms with E-state index in [1.807, 2.05) is 24.0 Å². The molecule has 4 heteroatoms. The fourth-order valence-corrected chi connectivity index (χ4v) is 2.35. The molecule has 17 heavy (non-hydrogen) atoms. The van der Waals surface area contributed by atoms with Crippen LogP contribution >= 0.6 is 11.8 Å². The van der Waals surface area contributed by atoms with Crippen LogP contribution in [0.1, 0.15) is 18.0 Å². The Hall–Kier alpha value is -1.10. The van der Waals surface area contributed by atoms with Crippen LogP contribution in [0.15, 0.2) is 36.5 Å². The minimum absolute atomic E-state index is 0.203. The van der Waals surface area contributed by atoms with Crippen molar-refractivity contribution in [3.8, 4) is 0 Å². The van der Waals surface area contributed by atoms with Crippen molar-refractivity contribution >= 4 is 22.7 Å². The third kappa shape index (κ3) is 2.97. The van der Waals surface area contributed by atoms with Gasteiger partial charge in [0, 0.05) is 17.6 Å². The molecule has 2 rings (SSSR count). The molecule has 2 aromatic rings. The zero-order valence-corrected chi connectivity index (χ0v) is 10.7. The first-order valence-corrected chi connectivity index (χ1v) is 7.04. The van der Waals surface area contributed by atoms with Gasteiger partial charge in [-0.2, -0.15) is 11.8 Å². The molecule has 1 unspecified atom stereocenters. The summed E-state index contributed by atoms with van der Waals surface area (Å²) in [6.07, 6.45) is 4.95. The van der Waals surface area contributed by atoms with Gasteiger partial charge in [-0.05, 0) is 36.1 Å². The van der Waals surface area contributed by atoms with E-state index in [1.165, 1.54) is 5.56 Å². The maximum Gasteiger partial charge on any atom is 0.0705 e. The highest BCUT2D eigenvalue weighted by Gasteiger charge is 2.09. The molecule has 0 bridgehead atoms. The van der Waals surface area contributed by atoms with E-state index in [1.54, 1.807) is 0 Å². The molecule has 1 aromatic carbocycles. The SMILES string of the molecule is CSCCC(NN)c1ccc2cccnc2c1. The summed E-state index contributed by atoms with van der Waals surface area (Å²) in [5.41, 5.74) is 5.10.